The molecule has 7 heteroatoms. The van der Waals surface area contributed by atoms with Crippen LogP contribution in [0.2, 0.25) is 5.02 Å². The van der Waals surface area contributed by atoms with Crippen molar-refractivity contribution in [3.63, 3.8) is 0 Å². The average Bonchev–Trinajstić information content (AvgIpc) is 3.14. The van der Waals surface area contributed by atoms with Gasteiger partial charge in [0.15, 0.2) is 0 Å². The molecule has 0 N–H and O–H groups in total. The molecule has 0 spiro atoms. The Balaban J connectivity index is 1.83. The van der Waals surface area contributed by atoms with Gasteiger partial charge in [0.05, 0.1) is 5.69 Å². The number of carbonyl (C=O) groups is 1. The summed E-state index contributed by atoms with van der Waals surface area (Å²) in [4.78, 5) is 14.6. The average molecular weight is 356 g/mol. The molecule has 6 nitrogen and oxygen atoms in total. The number of aryl methyl sites for hydroxylation is 1. The molecule has 0 aliphatic heterocycles. The van der Waals surface area contributed by atoms with Crippen LogP contribution >= 0.6 is 11.6 Å². The van der Waals surface area contributed by atoms with Crippen LogP contribution in [0.4, 0.5) is 0 Å². The van der Waals surface area contributed by atoms with Crippen molar-refractivity contribution < 1.29 is 4.79 Å². The molecular weight excluding hydrogens is 338 g/mol. The van der Waals surface area contributed by atoms with Crippen molar-refractivity contribution >= 4 is 17.5 Å². The van der Waals surface area contributed by atoms with Gasteiger partial charge in [-0.1, -0.05) is 29.8 Å². The van der Waals surface area contributed by atoms with Crippen LogP contribution < -0.4 is 0 Å². The van der Waals surface area contributed by atoms with Gasteiger partial charge in [-0.25, -0.2) is 4.68 Å². The molecule has 128 valence electrons. The predicted molar refractivity (Wildman–Crippen MR) is 95.8 cm³/mol. The SMILES string of the molecule is CCN(Cc1ccccc1Cl)C(=O)c1ccc(-n2cnnn2)c(C)c1. The molecule has 3 rings (SSSR count). The Labute approximate surface area is 151 Å². The monoisotopic (exact) mass is 355 g/mol. The van der Waals surface area contributed by atoms with Crippen LogP contribution in [0.3, 0.4) is 0 Å². The van der Waals surface area contributed by atoms with Gasteiger partial charge in [-0.05, 0) is 59.7 Å². The Morgan fingerprint density at radius 2 is 2.04 bits per heavy atom. The minimum atomic E-state index is -0.0335. The molecular formula is C18H18ClN5O. The van der Waals surface area contributed by atoms with Crippen LogP contribution in [0.1, 0.15) is 28.4 Å². The zero-order valence-electron chi connectivity index (χ0n) is 14.1. The van der Waals surface area contributed by atoms with Crippen molar-refractivity contribution in [1.29, 1.82) is 0 Å². The van der Waals surface area contributed by atoms with E-state index in [4.69, 9.17) is 11.6 Å². The normalized spacial score (nSPS) is 10.7. The van der Waals surface area contributed by atoms with Crippen molar-refractivity contribution in [1.82, 2.24) is 25.1 Å². The van der Waals surface area contributed by atoms with Crippen molar-refractivity contribution in [2.75, 3.05) is 6.54 Å². The Bertz CT molecular complexity index is 879. The summed E-state index contributed by atoms with van der Waals surface area (Å²) in [6, 6.07) is 13.1. The number of aromatic nitrogens is 4. The van der Waals surface area contributed by atoms with Gasteiger partial charge >= 0.3 is 0 Å². The lowest BCUT2D eigenvalue weighted by Gasteiger charge is -2.22. The molecule has 0 atom stereocenters. The second kappa shape index (κ2) is 7.44. The number of carbonyl (C=O) groups excluding carboxylic acids is 1. The van der Waals surface area contributed by atoms with Crippen molar-refractivity contribution in [3.8, 4) is 5.69 Å². The smallest absolute Gasteiger partial charge is 0.254 e. The van der Waals surface area contributed by atoms with E-state index in [1.807, 2.05) is 50.2 Å². The lowest BCUT2D eigenvalue weighted by Crippen LogP contribution is -2.30. The zero-order chi connectivity index (χ0) is 17.8. The standard InChI is InChI=1S/C18H18ClN5O/c1-3-23(11-15-6-4-5-7-16(15)19)18(25)14-8-9-17(13(2)10-14)24-12-20-21-22-24/h4-10,12H,3,11H2,1-2H3. The minimum Gasteiger partial charge on any atom is -0.335 e. The summed E-state index contributed by atoms with van der Waals surface area (Å²) in [6.07, 6.45) is 1.53. The van der Waals surface area contributed by atoms with E-state index < -0.39 is 0 Å². The Morgan fingerprint density at radius 3 is 2.68 bits per heavy atom. The zero-order valence-corrected chi connectivity index (χ0v) is 14.8. The van der Waals surface area contributed by atoms with Crippen LogP contribution in [0.25, 0.3) is 5.69 Å². The van der Waals surface area contributed by atoms with Crippen LogP contribution in [0, 0.1) is 6.92 Å². The number of benzene rings is 2. The van der Waals surface area contributed by atoms with E-state index in [9.17, 15) is 4.79 Å². The molecule has 0 fully saturated rings. The van der Waals surface area contributed by atoms with E-state index in [1.54, 1.807) is 15.6 Å². The summed E-state index contributed by atoms with van der Waals surface area (Å²) in [5, 5.41) is 11.8. The van der Waals surface area contributed by atoms with Crippen molar-refractivity contribution in [2.24, 2.45) is 0 Å². The summed E-state index contributed by atoms with van der Waals surface area (Å²) >= 11 is 6.22. The lowest BCUT2D eigenvalue weighted by atomic mass is 10.1. The number of hydrogen-bond acceptors (Lipinski definition) is 4. The van der Waals surface area contributed by atoms with Crippen molar-refractivity contribution in [3.05, 3.63) is 70.5 Å². The molecule has 3 aromatic rings. The van der Waals surface area contributed by atoms with Gasteiger partial charge in [-0.15, -0.1) is 5.10 Å². The molecule has 0 saturated heterocycles. The van der Waals surface area contributed by atoms with Gasteiger partial charge in [0.25, 0.3) is 5.91 Å². The fraction of sp³-hybridized carbons (Fsp3) is 0.222. The second-order valence-electron chi connectivity index (χ2n) is 5.67. The lowest BCUT2D eigenvalue weighted by molar-refractivity contribution is 0.0752. The summed E-state index contributed by atoms with van der Waals surface area (Å²) in [7, 11) is 0. The van der Waals surface area contributed by atoms with Crippen LogP contribution in [-0.2, 0) is 6.54 Å². The van der Waals surface area contributed by atoms with E-state index in [0.29, 0.717) is 23.7 Å². The third-order valence-electron chi connectivity index (χ3n) is 4.03. The largest absolute Gasteiger partial charge is 0.335 e. The topological polar surface area (TPSA) is 63.9 Å². The van der Waals surface area contributed by atoms with E-state index in [1.165, 1.54) is 6.33 Å². The highest BCUT2D eigenvalue weighted by molar-refractivity contribution is 6.31. The quantitative estimate of drug-likeness (QED) is 0.704. The first-order valence-corrected chi connectivity index (χ1v) is 8.34. The van der Waals surface area contributed by atoms with E-state index in [2.05, 4.69) is 15.5 Å². The van der Waals surface area contributed by atoms with Gasteiger partial charge in [0.2, 0.25) is 0 Å². The summed E-state index contributed by atoms with van der Waals surface area (Å²) in [6.45, 7) is 4.95. The molecule has 25 heavy (non-hydrogen) atoms. The first-order valence-electron chi connectivity index (χ1n) is 7.97. The summed E-state index contributed by atoms with van der Waals surface area (Å²) in [5.74, 6) is -0.0335. The van der Waals surface area contributed by atoms with Gasteiger partial charge < -0.3 is 4.90 Å². The molecule has 2 aromatic carbocycles. The Kier molecular flexibility index (Phi) is 5.09. The molecule has 1 heterocycles. The number of hydrogen-bond donors (Lipinski definition) is 0. The maximum Gasteiger partial charge on any atom is 0.254 e. The van der Waals surface area contributed by atoms with Gasteiger partial charge in [0.1, 0.15) is 6.33 Å². The molecule has 0 radical (unpaired) electrons. The highest BCUT2D eigenvalue weighted by Crippen LogP contribution is 2.20. The molecule has 1 amide bonds. The number of rotatable bonds is 5. The van der Waals surface area contributed by atoms with Gasteiger partial charge in [-0.3, -0.25) is 4.79 Å². The number of nitrogens with zero attached hydrogens (tertiary/aromatic N) is 5. The molecule has 1 aromatic heterocycles. The fourth-order valence-corrected chi connectivity index (χ4v) is 2.85. The maximum atomic E-state index is 12.9. The first-order chi connectivity index (χ1) is 12.1. The number of halogens is 1. The number of tetrazole rings is 1. The summed E-state index contributed by atoms with van der Waals surface area (Å²) < 4.78 is 1.57. The Morgan fingerprint density at radius 1 is 1.24 bits per heavy atom. The first kappa shape index (κ1) is 17.1. The molecule has 0 aliphatic rings. The highest BCUT2D eigenvalue weighted by atomic mass is 35.5. The maximum absolute atomic E-state index is 12.9. The van der Waals surface area contributed by atoms with Crippen LogP contribution in [-0.4, -0.2) is 37.6 Å². The third-order valence-corrected chi connectivity index (χ3v) is 4.40. The van der Waals surface area contributed by atoms with E-state index in [-0.39, 0.29) is 5.91 Å². The van der Waals surface area contributed by atoms with Gasteiger partial charge in [-0.2, -0.15) is 0 Å². The summed E-state index contributed by atoms with van der Waals surface area (Å²) in [5.41, 5.74) is 3.33. The second-order valence-corrected chi connectivity index (χ2v) is 6.07. The highest BCUT2D eigenvalue weighted by Gasteiger charge is 2.17. The van der Waals surface area contributed by atoms with Gasteiger partial charge in [0, 0.05) is 23.7 Å². The Hall–Kier alpha value is -2.73. The van der Waals surface area contributed by atoms with Crippen molar-refractivity contribution in [2.45, 2.75) is 20.4 Å². The molecule has 0 unspecified atom stereocenters. The number of amides is 1. The minimum absolute atomic E-state index is 0.0335. The predicted octanol–water partition coefficient (Wildman–Crippen LogP) is 3.29. The molecule has 0 saturated carbocycles. The van der Waals surface area contributed by atoms with E-state index in [0.717, 1.165) is 16.8 Å². The van der Waals surface area contributed by atoms with Crippen LogP contribution in [0.5, 0.6) is 0 Å². The fourth-order valence-electron chi connectivity index (χ4n) is 2.66. The third kappa shape index (κ3) is 3.69. The molecule has 0 bridgehead atoms. The molecule has 0 aliphatic carbocycles. The van der Waals surface area contributed by atoms with E-state index >= 15 is 0 Å². The van der Waals surface area contributed by atoms with Crippen LogP contribution in [0.15, 0.2) is 48.8 Å².